The number of sulfonamides is 1. The van der Waals surface area contributed by atoms with Crippen LogP contribution in [0.4, 0.5) is 0 Å². The normalized spacial score (nSPS) is 21.4. The van der Waals surface area contributed by atoms with E-state index in [0.29, 0.717) is 47.3 Å². The average molecular weight is 511 g/mol. The molecular formula is C26H30N4O3S2. The lowest BCUT2D eigenvalue weighted by Gasteiger charge is -2.30. The summed E-state index contributed by atoms with van der Waals surface area (Å²) in [4.78, 5) is 5.18. The van der Waals surface area contributed by atoms with Crippen molar-refractivity contribution in [3.8, 4) is 6.07 Å². The van der Waals surface area contributed by atoms with Gasteiger partial charge in [-0.1, -0.05) is 30.8 Å². The second-order valence-electron chi connectivity index (χ2n) is 9.50. The number of piperidine rings is 1. The molecule has 2 aliphatic heterocycles. The van der Waals surface area contributed by atoms with E-state index in [1.54, 1.807) is 28.2 Å². The van der Waals surface area contributed by atoms with Crippen LogP contribution in [0.1, 0.15) is 43.7 Å². The van der Waals surface area contributed by atoms with Crippen LogP contribution in [0.25, 0.3) is 11.0 Å². The van der Waals surface area contributed by atoms with Crippen LogP contribution in [0.3, 0.4) is 0 Å². The summed E-state index contributed by atoms with van der Waals surface area (Å²) in [6, 6.07) is 15.1. The van der Waals surface area contributed by atoms with Crippen molar-refractivity contribution >= 4 is 32.8 Å². The maximum Gasteiger partial charge on any atom is 0.243 e. The Bertz CT molecular complexity index is 1340. The Hall–Kier alpha value is -2.38. The maximum absolute atomic E-state index is 13.4. The molecule has 9 heteroatoms. The molecule has 0 amide bonds. The highest BCUT2D eigenvalue weighted by atomic mass is 32.2. The third-order valence-corrected chi connectivity index (χ3v) is 9.71. The van der Waals surface area contributed by atoms with Gasteiger partial charge in [0.2, 0.25) is 10.0 Å². The summed E-state index contributed by atoms with van der Waals surface area (Å²) in [6.45, 7) is 4.72. The predicted octanol–water partition coefficient (Wildman–Crippen LogP) is 4.80. The highest BCUT2D eigenvalue weighted by Crippen LogP contribution is 2.31. The number of ether oxygens (including phenoxy) is 1. The van der Waals surface area contributed by atoms with E-state index >= 15 is 0 Å². The third kappa shape index (κ3) is 5.26. The average Bonchev–Trinajstić information content (AvgIpc) is 3.51. The fourth-order valence-electron chi connectivity index (χ4n) is 4.86. The van der Waals surface area contributed by atoms with Crippen molar-refractivity contribution in [2.75, 3.05) is 19.7 Å². The number of aromatic nitrogens is 2. The molecule has 1 aromatic heterocycles. The van der Waals surface area contributed by atoms with Gasteiger partial charge in [0.1, 0.15) is 0 Å². The molecule has 0 spiro atoms. The predicted molar refractivity (Wildman–Crippen MR) is 137 cm³/mol. The van der Waals surface area contributed by atoms with E-state index in [0.717, 1.165) is 48.5 Å². The highest BCUT2D eigenvalue weighted by Gasteiger charge is 2.29. The molecule has 184 valence electrons. The van der Waals surface area contributed by atoms with Gasteiger partial charge in [-0.2, -0.15) is 9.57 Å². The van der Waals surface area contributed by atoms with Gasteiger partial charge in [0.25, 0.3) is 0 Å². The van der Waals surface area contributed by atoms with Gasteiger partial charge in [-0.15, -0.1) is 0 Å². The molecule has 0 radical (unpaired) electrons. The molecule has 2 saturated heterocycles. The number of fused-ring (bicyclic) bond motifs is 1. The van der Waals surface area contributed by atoms with Crippen molar-refractivity contribution < 1.29 is 13.2 Å². The summed E-state index contributed by atoms with van der Waals surface area (Å²) in [5.74, 6) is 1.08. The molecule has 7 nitrogen and oxygen atoms in total. The topological polar surface area (TPSA) is 88.2 Å². The maximum atomic E-state index is 13.4. The Balaban J connectivity index is 1.45. The van der Waals surface area contributed by atoms with Crippen molar-refractivity contribution in [1.29, 1.82) is 5.26 Å². The first-order chi connectivity index (χ1) is 16.9. The van der Waals surface area contributed by atoms with Crippen molar-refractivity contribution in [1.82, 2.24) is 13.9 Å². The standard InChI is InChI=1S/C26H30N4O3S2/c1-19-4-2-12-29(16-19)35(31,32)23-10-11-25-24(14-23)28-26(30(25)17-22-5-3-13-33-22)34-18-21-8-6-20(15-27)7-9-21/h6-11,14,19,22H,2-5,12-13,16-18H2,1H3/t19-,22+/m1/s1. The lowest BCUT2D eigenvalue weighted by atomic mass is 10.0. The third-order valence-electron chi connectivity index (χ3n) is 6.80. The zero-order valence-electron chi connectivity index (χ0n) is 19.9. The van der Waals surface area contributed by atoms with Gasteiger partial charge in [-0.25, -0.2) is 13.4 Å². The number of thioether (sulfide) groups is 1. The molecule has 2 aliphatic rings. The first-order valence-electron chi connectivity index (χ1n) is 12.2. The largest absolute Gasteiger partial charge is 0.376 e. The van der Waals surface area contributed by atoms with Crippen LogP contribution in [0.15, 0.2) is 52.5 Å². The number of rotatable bonds is 7. The summed E-state index contributed by atoms with van der Waals surface area (Å²) in [5.41, 5.74) is 3.36. The smallest absolute Gasteiger partial charge is 0.243 e. The molecule has 2 aromatic carbocycles. The molecule has 0 bridgehead atoms. The molecule has 2 fully saturated rings. The van der Waals surface area contributed by atoms with Gasteiger partial charge in [0, 0.05) is 25.4 Å². The summed E-state index contributed by atoms with van der Waals surface area (Å²) in [7, 11) is -3.55. The fraction of sp³-hybridized carbons (Fsp3) is 0.462. The van der Waals surface area contributed by atoms with Crippen LogP contribution in [0.2, 0.25) is 0 Å². The molecule has 3 aromatic rings. The summed E-state index contributed by atoms with van der Waals surface area (Å²) >= 11 is 1.62. The summed E-state index contributed by atoms with van der Waals surface area (Å²) in [5, 5.41) is 9.89. The Morgan fingerprint density at radius 2 is 2.00 bits per heavy atom. The van der Waals surface area contributed by atoms with Gasteiger partial charge in [0.05, 0.1) is 40.2 Å². The monoisotopic (exact) mass is 510 g/mol. The number of nitriles is 1. The zero-order valence-corrected chi connectivity index (χ0v) is 21.5. The molecule has 0 aliphatic carbocycles. The van der Waals surface area contributed by atoms with E-state index in [1.807, 2.05) is 30.3 Å². The minimum absolute atomic E-state index is 0.139. The SMILES string of the molecule is C[C@@H]1CCCN(S(=O)(=O)c2ccc3c(c2)nc(SCc2ccc(C#N)cc2)n3C[C@@H]2CCCO2)C1. The lowest BCUT2D eigenvalue weighted by molar-refractivity contribution is 0.0960. The van der Waals surface area contributed by atoms with Crippen LogP contribution in [0, 0.1) is 17.2 Å². The van der Waals surface area contributed by atoms with E-state index < -0.39 is 10.0 Å². The van der Waals surface area contributed by atoms with Gasteiger partial charge >= 0.3 is 0 Å². The molecule has 3 heterocycles. The minimum Gasteiger partial charge on any atom is -0.376 e. The zero-order chi connectivity index (χ0) is 24.4. The number of hydrogen-bond acceptors (Lipinski definition) is 6. The van der Waals surface area contributed by atoms with Gasteiger partial charge < -0.3 is 9.30 Å². The molecule has 0 saturated carbocycles. The van der Waals surface area contributed by atoms with Crippen LogP contribution in [-0.2, 0) is 27.1 Å². The second-order valence-corrected chi connectivity index (χ2v) is 12.4. The first kappa shape index (κ1) is 24.3. The molecular weight excluding hydrogens is 480 g/mol. The fourth-order valence-corrected chi connectivity index (χ4v) is 7.46. The van der Waals surface area contributed by atoms with E-state index in [9.17, 15) is 8.42 Å². The Morgan fingerprint density at radius 1 is 1.17 bits per heavy atom. The molecule has 0 N–H and O–H groups in total. The minimum atomic E-state index is -3.55. The van der Waals surface area contributed by atoms with Crippen molar-refractivity contribution in [3.63, 3.8) is 0 Å². The van der Waals surface area contributed by atoms with Crippen LogP contribution < -0.4 is 0 Å². The Morgan fingerprint density at radius 3 is 2.71 bits per heavy atom. The summed E-state index contributed by atoms with van der Waals surface area (Å²) < 4.78 is 36.4. The second kappa shape index (κ2) is 10.3. The van der Waals surface area contributed by atoms with Gasteiger partial charge in [-0.05, 0) is 67.5 Å². The lowest BCUT2D eigenvalue weighted by Crippen LogP contribution is -2.39. The molecule has 35 heavy (non-hydrogen) atoms. The van der Waals surface area contributed by atoms with E-state index in [2.05, 4.69) is 17.6 Å². The van der Waals surface area contributed by atoms with Crippen LogP contribution in [-0.4, -0.2) is 48.1 Å². The van der Waals surface area contributed by atoms with E-state index in [-0.39, 0.29) is 6.10 Å². The molecule has 0 unspecified atom stereocenters. The molecule has 2 atom stereocenters. The number of imidazole rings is 1. The van der Waals surface area contributed by atoms with Crippen LogP contribution in [0.5, 0.6) is 0 Å². The molecule has 5 rings (SSSR count). The number of hydrogen-bond donors (Lipinski definition) is 0. The quantitative estimate of drug-likeness (QED) is 0.424. The van der Waals surface area contributed by atoms with Gasteiger partial charge in [0.15, 0.2) is 5.16 Å². The summed E-state index contributed by atoms with van der Waals surface area (Å²) in [6.07, 6.45) is 4.17. The number of nitrogens with zero attached hydrogens (tertiary/aromatic N) is 4. The van der Waals surface area contributed by atoms with Crippen molar-refractivity contribution in [3.05, 3.63) is 53.6 Å². The van der Waals surface area contributed by atoms with Crippen molar-refractivity contribution in [2.24, 2.45) is 5.92 Å². The Kier molecular flexibility index (Phi) is 7.17. The number of benzene rings is 2. The van der Waals surface area contributed by atoms with Crippen molar-refractivity contribution in [2.45, 2.75) is 61.1 Å². The van der Waals surface area contributed by atoms with E-state index in [4.69, 9.17) is 15.0 Å². The van der Waals surface area contributed by atoms with E-state index in [1.165, 1.54) is 0 Å². The Labute approximate surface area is 211 Å². The first-order valence-corrected chi connectivity index (χ1v) is 14.6. The highest BCUT2D eigenvalue weighted by molar-refractivity contribution is 7.98. The van der Waals surface area contributed by atoms with Crippen LogP contribution >= 0.6 is 11.8 Å². The van der Waals surface area contributed by atoms with Gasteiger partial charge in [-0.3, -0.25) is 0 Å².